The molecule has 12 heavy (non-hydrogen) atoms. The average Bonchev–Trinajstić information content (AvgIpc) is 2.11. The maximum atomic E-state index is 3.99. The van der Waals surface area contributed by atoms with E-state index in [9.17, 15) is 0 Å². The van der Waals surface area contributed by atoms with E-state index in [1.54, 1.807) is 7.05 Å². The van der Waals surface area contributed by atoms with Crippen molar-refractivity contribution in [2.24, 2.45) is 4.99 Å². The van der Waals surface area contributed by atoms with Crippen molar-refractivity contribution in [3.05, 3.63) is 36.0 Å². The lowest BCUT2D eigenvalue weighted by Crippen LogP contribution is -1.89. The fraction of sp³-hybridized carbons (Fsp3) is 0.364. The highest BCUT2D eigenvalue weighted by molar-refractivity contribution is 5.84. The monoisotopic (exact) mass is 163 g/mol. The standard InChI is InChI=1S/C11H17N/c1-5-8-10(6-2)11(7-3)9-12-4/h5-7,9H,1,8H2,2-4H3/b10-6-,11-7+,12-9?. The van der Waals surface area contributed by atoms with Crippen molar-refractivity contribution in [3.63, 3.8) is 0 Å². The maximum Gasteiger partial charge on any atom is 0.0280 e. The van der Waals surface area contributed by atoms with Gasteiger partial charge in [-0.25, -0.2) is 0 Å². The number of hydrogen-bond acceptors (Lipinski definition) is 1. The minimum absolute atomic E-state index is 0.905. The fourth-order valence-electron chi connectivity index (χ4n) is 1.04. The van der Waals surface area contributed by atoms with Gasteiger partial charge in [0.2, 0.25) is 0 Å². The summed E-state index contributed by atoms with van der Waals surface area (Å²) in [4.78, 5) is 3.99. The third kappa shape index (κ3) is 3.33. The summed E-state index contributed by atoms with van der Waals surface area (Å²) < 4.78 is 0. The summed E-state index contributed by atoms with van der Waals surface area (Å²) >= 11 is 0. The van der Waals surface area contributed by atoms with Crippen molar-refractivity contribution in [2.45, 2.75) is 20.3 Å². The summed E-state index contributed by atoms with van der Waals surface area (Å²) in [6, 6.07) is 0. The van der Waals surface area contributed by atoms with Crippen LogP contribution in [0.3, 0.4) is 0 Å². The van der Waals surface area contributed by atoms with E-state index >= 15 is 0 Å². The molecule has 0 heterocycles. The van der Waals surface area contributed by atoms with E-state index in [0.717, 1.165) is 6.42 Å². The van der Waals surface area contributed by atoms with Crippen LogP contribution >= 0.6 is 0 Å². The summed E-state index contributed by atoms with van der Waals surface area (Å²) in [7, 11) is 1.78. The second-order valence-electron chi connectivity index (χ2n) is 2.44. The molecule has 0 aliphatic rings. The summed E-state index contributed by atoms with van der Waals surface area (Å²) in [5.41, 5.74) is 2.46. The topological polar surface area (TPSA) is 12.4 Å². The molecule has 0 spiro atoms. The Morgan fingerprint density at radius 1 is 1.33 bits per heavy atom. The van der Waals surface area contributed by atoms with Crippen LogP contribution in [0, 0.1) is 0 Å². The molecule has 66 valence electrons. The van der Waals surface area contributed by atoms with E-state index in [0.29, 0.717) is 0 Å². The Labute approximate surface area is 75.2 Å². The Bertz CT molecular complexity index is 219. The molecule has 1 nitrogen and oxygen atoms in total. The molecule has 0 unspecified atom stereocenters. The Morgan fingerprint density at radius 2 is 2.00 bits per heavy atom. The van der Waals surface area contributed by atoms with Gasteiger partial charge in [0.15, 0.2) is 0 Å². The lowest BCUT2D eigenvalue weighted by molar-refractivity contribution is 1.24. The summed E-state index contributed by atoms with van der Waals surface area (Å²) in [5.74, 6) is 0. The van der Waals surface area contributed by atoms with Gasteiger partial charge in [0.25, 0.3) is 0 Å². The first kappa shape index (κ1) is 10.9. The average molecular weight is 163 g/mol. The van der Waals surface area contributed by atoms with Gasteiger partial charge in [-0.2, -0.15) is 0 Å². The minimum atomic E-state index is 0.905. The highest BCUT2D eigenvalue weighted by atomic mass is 14.6. The molecule has 0 N–H and O–H groups in total. The van der Waals surface area contributed by atoms with E-state index in [4.69, 9.17) is 0 Å². The second-order valence-corrected chi connectivity index (χ2v) is 2.44. The van der Waals surface area contributed by atoms with E-state index < -0.39 is 0 Å². The van der Waals surface area contributed by atoms with Crippen molar-refractivity contribution in [2.75, 3.05) is 7.05 Å². The quantitative estimate of drug-likeness (QED) is 0.343. The zero-order valence-electron chi connectivity index (χ0n) is 8.17. The molecule has 1 heteroatoms. The van der Waals surface area contributed by atoms with E-state index in [1.807, 2.05) is 26.1 Å². The molecule has 0 amide bonds. The zero-order valence-corrected chi connectivity index (χ0v) is 8.17. The van der Waals surface area contributed by atoms with E-state index in [1.165, 1.54) is 11.1 Å². The molecular weight excluding hydrogens is 146 g/mol. The van der Waals surface area contributed by atoms with Gasteiger partial charge < -0.3 is 0 Å². The SMILES string of the molecule is C=CCC(=C/C)/C(C=NC)=C/C. The van der Waals surface area contributed by atoms with Gasteiger partial charge in [0.1, 0.15) is 0 Å². The molecular formula is C11H17N. The van der Waals surface area contributed by atoms with Gasteiger partial charge >= 0.3 is 0 Å². The van der Waals surface area contributed by atoms with Crippen molar-refractivity contribution < 1.29 is 0 Å². The van der Waals surface area contributed by atoms with Gasteiger partial charge in [-0.1, -0.05) is 18.2 Å². The second kappa shape index (κ2) is 6.59. The molecule has 0 saturated carbocycles. The Kier molecular flexibility index (Phi) is 5.98. The van der Waals surface area contributed by atoms with Gasteiger partial charge in [-0.05, 0) is 31.4 Å². The molecule has 0 bridgehead atoms. The van der Waals surface area contributed by atoms with Crippen LogP contribution in [-0.4, -0.2) is 13.3 Å². The lowest BCUT2D eigenvalue weighted by Gasteiger charge is -2.03. The molecule has 0 aromatic rings. The molecule has 0 saturated heterocycles. The molecule has 0 aromatic carbocycles. The first-order chi connectivity index (χ1) is 5.79. The highest BCUT2D eigenvalue weighted by Crippen LogP contribution is 2.12. The van der Waals surface area contributed by atoms with Crippen LogP contribution in [0.5, 0.6) is 0 Å². The predicted molar refractivity (Wildman–Crippen MR) is 56.7 cm³/mol. The molecule has 0 rings (SSSR count). The number of nitrogens with zero attached hydrogens (tertiary/aromatic N) is 1. The minimum Gasteiger partial charge on any atom is -0.296 e. The highest BCUT2D eigenvalue weighted by Gasteiger charge is 1.96. The number of hydrogen-bond donors (Lipinski definition) is 0. The van der Waals surface area contributed by atoms with E-state index in [-0.39, 0.29) is 0 Å². The lowest BCUT2D eigenvalue weighted by atomic mass is 10.0. The maximum absolute atomic E-state index is 3.99. The van der Waals surface area contributed by atoms with Crippen LogP contribution in [0.2, 0.25) is 0 Å². The van der Waals surface area contributed by atoms with Crippen LogP contribution in [0.1, 0.15) is 20.3 Å². The van der Waals surface area contributed by atoms with Crippen LogP contribution in [0.25, 0.3) is 0 Å². The predicted octanol–water partition coefficient (Wildman–Crippen LogP) is 3.16. The first-order valence-corrected chi connectivity index (χ1v) is 4.15. The van der Waals surface area contributed by atoms with Crippen LogP contribution in [-0.2, 0) is 0 Å². The Morgan fingerprint density at radius 3 is 2.33 bits per heavy atom. The normalized spacial score (nSPS) is 13.9. The molecule has 0 aliphatic carbocycles. The summed E-state index contributed by atoms with van der Waals surface area (Å²) in [6.07, 6.45) is 8.84. The van der Waals surface area contributed by atoms with Crippen LogP contribution in [0.4, 0.5) is 0 Å². The fourth-order valence-corrected chi connectivity index (χ4v) is 1.04. The van der Waals surface area contributed by atoms with Crippen molar-refractivity contribution in [3.8, 4) is 0 Å². The molecule has 0 aromatic heterocycles. The van der Waals surface area contributed by atoms with Crippen molar-refractivity contribution >= 4 is 6.21 Å². The number of rotatable bonds is 4. The molecule has 0 aliphatic heterocycles. The zero-order chi connectivity index (χ0) is 9.40. The Balaban J connectivity index is 4.58. The van der Waals surface area contributed by atoms with Gasteiger partial charge in [-0.15, -0.1) is 6.58 Å². The van der Waals surface area contributed by atoms with Crippen LogP contribution in [0.15, 0.2) is 40.9 Å². The third-order valence-corrected chi connectivity index (χ3v) is 1.66. The van der Waals surface area contributed by atoms with E-state index in [2.05, 4.69) is 23.7 Å². The number of allylic oxidation sites excluding steroid dienone is 5. The molecule has 0 fully saturated rings. The van der Waals surface area contributed by atoms with Crippen molar-refractivity contribution in [1.29, 1.82) is 0 Å². The summed E-state index contributed by atoms with van der Waals surface area (Å²) in [5, 5.41) is 0. The summed E-state index contributed by atoms with van der Waals surface area (Å²) in [6.45, 7) is 7.76. The van der Waals surface area contributed by atoms with Gasteiger partial charge in [0, 0.05) is 13.3 Å². The third-order valence-electron chi connectivity index (χ3n) is 1.66. The van der Waals surface area contributed by atoms with Gasteiger partial charge in [-0.3, -0.25) is 4.99 Å². The van der Waals surface area contributed by atoms with Crippen LogP contribution < -0.4 is 0 Å². The largest absolute Gasteiger partial charge is 0.296 e. The molecule has 0 radical (unpaired) electrons. The Hall–Kier alpha value is -1.11. The van der Waals surface area contributed by atoms with Gasteiger partial charge in [0.05, 0.1) is 0 Å². The smallest absolute Gasteiger partial charge is 0.0280 e. The molecule has 0 atom stereocenters. The first-order valence-electron chi connectivity index (χ1n) is 4.15. The number of aliphatic imine (C=N–C) groups is 1. The van der Waals surface area contributed by atoms with Crippen molar-refractivity contribution in [1.82, 2.24) is 0 Å².